The highest BCUT2D eigenvalue weighted by atomic mass is 19.4. The molecule has 0 aliphatic heterocycles. The molecule has 2 aliphatic carbocycles. The fraction of sp³-hybridized carbons (Fsp3) is 0.517. The Bertz CT molecular complexity index is 1530. The van der Waals surface area contributed by atoms with Crippen molar-refractivity contribution in [1.82, 2.24) is 25.2 Å². The molecule has 8 nitrogen and oxygen atoms in total. The molecule has 2 aromatic heterocycles. The van der Waals surface area contributed by atoms with Crippen molar-refractivity contribution < 1.29 is 49.4 Å². The van der Waals surface area contributed by atoms with Crippen LogP contribution in [0.25, 0.3) is 5.65 Å². The molecule has 2 atom stereocenters. The first-order valence-electron chi connectivity index (χ1n) is 14.3. The van der Waals surface area contributed by atoms with Crippen LogP contribution in [0.2, 0.25) is 0 Å². The van der Waals surface area contributed by atoms with Gasteiger partial charge in [0.15, 0.2) is 5.65 Å². The summed E-state index contributed by atoms with van der Waals surface area (Å²) in [6.07, 6.45) is -2.89. The van der Waals surface area contributed by atoms with Crippen molar-refractivity contribution in [2.75, 3.05) is 0 Å². The van der Waals surface area contributed by atoms with Gasteiger partial charge >= 0.3 is 12.8 Å². The van der Waals surface area contributed by atoms with Crippen molar-refractivity contribution in [2.24, 2.45) is 11.8 Å². The summed E-state index contributed by atoms with van der Waals surface area (Å²) in [5.41, 5.74) is 0.665. The largest absolute Gasteiger partial charge is 0.435 e. The Hall–Kier alpha value is -3.98. The summed E-state index contributed by atoms with van der Waals surface area (Å²) < 4.78 is 111. The number of hydrogen-bond donors (Lipinski definition) is 2. The Morgan fingerprint density at radius 2 is 1.69 bits per heavy atom. The summed E-state index contributed by atoms with van der Waals surface area (Å²) >= 11 is 0. The zero-order valence-electron chi connectivity index (χ0n) is 23.6. The number of aromatic nitrogens is 3. The summed E-state index contributed by atoms with van der Waals surface area (Å²) in [6.45, 7) is -3.26. The molecule has 2 heterocycles. The minimum Gasteiger partial charge on any atom is -0.435 e. The van der Waals surface area contributed by atoms with Gasteiger partial charge in [0.1, 0.15) is 11.6 Å². The van der Waals surface area contributed by atoms with Gasteiger partial charge in [0.25, 0.3) is 5.91 Å². The summed E-state index contributed by atoms with van der Waals surface area (Å²) in [6, 6.07) is 2.47. The smallest absolute Gasteiger partial charge is 0.389 e. The first-order chi connectivity index (χ1) is 21.2. The van der Waals surface area contributed by atoms with Crippen LogP contribution in [0.1, 0.15) is 85.1 Å². The second-order valence-corrected chi connectivity index (χ2v) is 11.5. The highest BCUT2D eigenvalue weighted by Gasteiger charge is 2.40. The molecule has 2 saturated carbocycles. The van der Waals surface area contributed by atoms with Gasteiger partial charge in [-0.05, 0) is 61.3 Å². The number of alkyl halides is 7. The van der Waals surface area contributed by atoms with Gasteiger partial charge in [-0.3, -0.25) is 9.59 Å². The molecule has 2 aliphatic rings. The normalized spacial score (nSPS) is 18.5. The standard InChI is InChI=1S/C29H29F8N5O3/c30-19-9-17(10-20(12-19)45-27(31)32)26(44)41-25(16-3-6-28(33,34)7-4-16)21-14-42-22(39-21)11-18(13-38-42)24(15-1-2-15)40-23(43)5-8-29(35,36)37/h9-16,24-25,27H,1-8H2,(H,40,43)(H,41,44)/t24-,25+/m1/s1. The fourth-order valence-electron chi connectivity index (χ4n) is 5.55. The minimum atomic E-state index is -4.48. The summed E-state index contributed by atoms with van der Waals surface area (Å²) in [4.78, 5) is 30.1. The number of carbonyl (C=O) groups excluding carboxylic acids is 2. The predicted octanol–water partition coefficient (Wildman–Crippen LogP) is 6.68. The Kier molecular flexibility index (Phi) is 9.21. The number of rotatable bonds is 11. The molecule has 0 bridgehead atoms. The van der Waals surface area contributed by atoms with Gasteiger partial charge in [0.2, 0.25) is 11.8 Å². The number of hydrogen-bond acceptors (Lipinski definition) is 5. The zero-order chi connectivity index (χ0) is 32.5. The number of ether oxygens (including phenoxy) is 1. The van der Waals surface area contributed by atoms with Crippen LogP contribution in [0.15, 0.2) is 36.7 Å². The van der Waals surface area contributed by atoms with Gasteiger partial charge in [-0.15, -0.1) is 0 Å². The van der Waals surface area contributed by atoms with Crippen LogP contribution in [-0.4, -0.2) is 45.1 Å². The van der Waals surface area contributed by atoms with E-state index in [1.807, 2.05) is 0 Å². The number of carbonyl (C=O) groups is 2. The van der Waals surface area contributed by atoms with Crippen molar-refractivity contribution >= 4 is 17.5 Å². The molecule has 2 fully saturated rings. The molecule has 16 heteroatoms. The number of halogens is 8. The van der Waals surface area contributed by atoms with Crippen LogP contribution >= 0.6 is 0 Å². The molecular weight excluding hydrogens is 618 g/mol. The maximum atomic E-state index is 14.1. The quantitative estimate of drug-likeness (QED) is 0.227. The van der Waals surface area contributed by atoms with Crippen molar-refractivity contribution in [3.8, 4) is 5.75 Å². The van der Waals surface area contributed by atoms with Crippen LogP contribution in [0, 0.1) is 17.7 Å². The second kappa shape index (κ2) is 12.8. The van der Waals surface area contributed by atoms with Crippen LogP contribution in [0.4, 0.5) is 35.1 Å². The lowest BCUT2D eigenvalue weighted by Crippen LogP contribution is -2.37. The van der Waals surface area contributed by atoms with E-state index in [0.717, 1.165) is 25.0 Å². The van der Waals surface area contributed by atoms with Gasteiger partial charge in [-0.25, -0.2) is 22.7 Å². The highest BCUT2D eigenvalue weighted by molar-refractivity contribution is 5.94. The topological polar surface area (TPSA) is 97.6 Å². The van der Waals surface area contributed by atoms with Gasteiger partial charge in [-0.2, -0.15) is 27.1 Å². The van der Waals surface area contributed by atoms with Gasteiger partial charge in [0.05, 0.1) is 36.6 Å². The molecule has 2 N–H and O–H groups in total. The molecular formula is C29H29F8N5O3. The van der Waals surface area contributed by atoms with Crippen molar-refractivity contribution in [3.63, 3.8) is 0 Å². The van der Waals surface area contributed by atoms with E-state index in [0.29, 0.717) is 11.6 Å². The predicted molar refractivity (Wildman–Crippen MR) is 142 cm³/mol. The highest BCUT2D eigenvalue weighted by Crippen LogP contribution is 2.43. The van der Waals surface area contributed by atoms with E-state index in [4.69, 9.17) is 0 Å². The van der Waals surface area contributed by atoms with E-state index < -0.39 is 85.8 Å². The zero-order valence-corrected chi connectivity index (χ0v) is 23.6. The van der Waals surface area contributed by atoms with Crippen molar-refractivity contribution in [2.45, 2.75) is 82.2 Å². The third-order valence-electron chi connectivity index (χ3n) is 7.96. The Labute approximate surface area is 251 Å². The first kappa shape index (κ1) is 32.4. The lowest BCUT2D eigenvalue weighted by Gasteiger charge is -2.33. The minimum absolute atomic E-state index is 0.000304. The van der Waals surface area contributed by atoms with E-state index >= 15 is 0 Å². The van der Waals surface area contributed by atoms with E-state index in [9.17, 15) is 44.7 Å². The summed E-state index contributed by atoms with van der Waals surface area (Å²) in [7, 11) is 0. The maximum Gasteiger partial charge on any atom is 0.389 e. The fourth-order valence-corrected chi connectivity index (χ4v) is 5.55. The van der Waals surface area contributed by atoms with E-state index in [1.165, 1.54) is 16.9 Å². The molecule has 3 aromatic rings. The van der Waals surface area contributed by atoms with Crippen molar-refractivity contribution in [3.05, 3.63) is 59.3 Å². The van der Waals surface area contributed by atoms with Crippen molar-refractivity contribution in [1.29, 1.82) is 0 Å². The van der Waals surface area contributed by atoms with Gasteiger partial charge in [0, 0.05) is 30.9 Å². The monoisotopic (exact) mass is 647 g/mol. The number of nitrogens with one attached hydrogen (secondary N) is 2. The number of benzene rings is 1. The van der Waals surface area contributed by atoms with Crippen LogP contribution < -0.4 is 15.4 Å². The van der Waals surface area contributed by atoms with Gasteiger partial charge in [-0.1, -0.05) is 0 Å². The van der Waals surface area contributed by atoms with Crippen LogP contribution in [-0.2, 0) is 4.79 Å². The number of nitrogens with zero attached hydrogens (tertiary/aromatic N) is 3. The van der Waals surface area contributed by atoms with Gasteiger partial charge < -0.3 is 15.4 Å². The van der Waals surface area contributed by atoms with E-state index in [1.54, 1.807) is 6.07 Å². The Morgan fingerprint density at radius 3 is 2.33 bits per heavy atom. The number of fused-ring (bicyclic) bond motifs is 1. The van der Waals surface area contributed by atoms with Crippen LogP contribution in [0.3, 0.4) is 0 Å². The first-order valence-corrected chi connectivity index (χ1v) is 14.3. The van der Waals surface area contributed by atoms with Crippen LogP contribution in [0.5, 0.6) is 5.75 Å². The number of imidazole rings is 1. The Morgan fingerprint density at radius 1 is 1.00 bits per heavy atom. The Balaban J connectivity index is 1.41. The molecule has 244 valence electrons. The third-order valence-corrected chi connectivity index (χ3v) is 7.96. The average molecular weight is 648 g/mol. The second-order valence-electron chi connectivity index (χ2n) is 11.5. The molecule has 5 rings (SSSR count). The third kappa shape index (κ3) is 8.60. The average Bonchev–Trinajstić information content (AvgIpc) is 3.70. The lowest BCUT2D eigenvalue weighted by molar-refractivity contribution is -0.144. The lowest BCUT2D eigenvalue weighted by atomic mass is 9.81. The summed E-state index contributed by atoms with van der Waals surface area (Å²) in [5.74, 6) is -6.62. The van der Waals surface area contributed by atoms with E-state index in [2.05, 4.69) is 25.5 Å². The molecule has 0 unspecified atom stereocenters. The molecule has 0 radical (unpaired) electrons. The van der Waals surface area contributed by atoms with E-state index in [-0.39, 0.29) is 35.7 Å². The molecule has 45 heavy (non-hydrogen) atoms. The molecule has 1 aromatic carbocycles. The number of amides is 2. The molecule has 0 spiro atoms. The maximum absolute atomic E-state index is 14.1. The molecule has 2 amide bonds. The molecule has 0 saturated heterocycles. The summed E-state index contributed by atoms with van der Waals surface area (Å²) in [5, 5.41) is 9.66. The SMILES string of the molecule is O=C(CCC(F)(F)F)N[C@@H](c1cnn2cc([C@@H](NC(=O)c3cc(F)cc(OC(F)F)c3)C3CCC(F)(F)CC3)nc2c1)C1CC1.